The normalized spacial score (nSPS) is 20.4. The van der Waals surface area contributed by atoms with E-state index in [1.165, 1.54) is 6.07 Å². The van der Waals surface area contributed by atoms with Crippen molar-refractivity contribution >= 4 is 17.0 Å². The number of carbonyl (C=O) groups is 1. The SMILES string of the molecule is C[C@@H]1CN(CCc2cc(C(=O)O)cc3c2ncn3C[C@@H]2CCO2)C(c2ncccc2OCc2ccc(C#N)cc2F)CN1. The topological polar surface area (TPSA) is 126 Å². The number of ether oxygens (including phenoxy) is 2. The zero-order valence-electron chi connectivity index (χ0n) is 23.9. The van der Waals surface area contributed by atoms with Crippen LogP contribution in [0, 0.1) is 17.1 Å². The fourth-order valence-electron chi connectivity index (χ4n) is 5.77. The van der Waals surface area contributed by atoms with Gasteiger partial charge in [0, 0.05) is 44.0 Å². The highest BCUT2D eigenvalue weighted by Crippen LogP contribution is 2.31. The van der Waals surface area contributed by atoms with Gasteiger partial charge in [0.25, 0.3) is 0 Å². The molecule has 43 heavy (non-hydrogen) atoms. The lowest BCUT2D eigenvalue weighted by Gasteiger charge is -2.39. The maximum absolute atomic E-state index is 14.5. The summed E-state index contributed by atoms with van der Waals surface area (Å²) in [5.74, 6) is -0.903. The van der Waals surface area contributed by atoms with Gasteiger partial charge in [-0.25, -0.2) is 14.2 Å². The molecule has 2 aliphatic heterocycles. The first kappa shape index (κ1) is 28.7. The number of nitriles is 1. The maximum atomic E-state index is 14.5. The number of imidazole rings is 1. The first-order valence-electron chi connectivity index (χ1n) is 14.5. The van der Waals surface area contributed by atoms with Gasteiger partial charge in [0.1, 0.15) is 23.9 Å². The summed E-state index contributed by atoms with van der Waals surface area (Å²) in [6.07, 6.45) is 5.19. The van der Waals surface area contributed by atoms with Gasteiger partial charge >= 0.3 is 5.97 Å². The fraction of sp³-hybridized carbons (Fsp3) is 0.375. The van der Waals surface area contributed by atoms with Gasteiger partial charge in [-0.05, 0) is 61.7 Å². The van der Waals surface area contributed by atoms with Gasteiger partial charge in [-0.2, -0.15) is 5.26 Å². The molecular formula is C32H33FN6O4. The van der Waals surface area contributed by atoms with Gasteiger partial charge in [0.2, 0.25) is 0 Å². The number of hydrogen-bond acceptors (Lipinski definition) is 8. The zero-order valence-corrected chi connectivity index (χ0v) is 23.9. The standard InChI is InChI=1S/C32H33FN6O4/c1-20-16-38(9-6-22-12-24(32(40)41)13-27-30(22)37-19-39(27)17-25-7-10-42-25)28(15-36-20)31-29(3-2-8-35-31)43-18-23-5-4-21(14-34)11-26(23)33/h2-5,8,11-13,19-20,25,28,36H,6-7,9-10,15-18H2,1H3,(H,40,41)/t20-,25+,28?/m1/s1. The monoisotopic (exact) mass is 584 g/mol. The molecule has 6 rings (SSSR count). The third-order valence-corrected chi connectivity index (χ3v) is 8.20. The largest absolute Gasteiger partial charge is 0.487 e. The Hall–Kier alpha value is -4.37. The highest BCUT2D eigenvalue weighted by molar-refractivity contribution is 5.93. The van der Waals surface area contributed by atoms with E-state index in [9.17, 15) is 14.3 Å². The molecule has 2 saturated heterocycles. The number of carboxylic acid groups (broad SMARTS) is 1. The first-order chi connectivity index (χ1) is 20.9. The van der Waals surface area contributed by atoms with E-state index in [4.69, 9.17) is 14.7 Å². The molecule has 4 heterocycles. The molecule has 222 valence electrons. The van der Waals surface area contributed by atoms with E-state index in [-0.39, 0.29) is 35.9 Å². The number of carboxylic acids is 1. The van der Waals surface area contributed by atoms with E-state index in [0.29, 0.717) is 37.4 Å². The van der Waals surface area contributed by atoms with Crippen LogP contribution in [0.1, 0.15) is 52.1 Å². The van der Waals surface area contributed by atoms with Crippen LogP contribution in [0.3, 0.4) is 0 Å². The van der Waals surface area contributed by atoms with Gasteiger partial charge in [-0.3, -0.25) is 9.88 Å². The van der Waals surface area contributed by atoms with E-state index in [1.807, 2.05) is 16.7 Å². The molecule has 4 aromatic rings. The second kappa shape index (κ2) is 12.5. The quantitative estimate of drug-likeness (QED) is 0.284. The minimum absolute atomic E-state index is 0.00129. The zero-order chi connectivity index (χ0) is 29.9. The number of hydrogen-bond donors (Lipinski definition) is 2. The van der Waals surface area contributed by atoms with Crippen molar-refractivity contribution in [1.29, 1.82) is 5.26 Å². The summed E-state index contributed by atoms with van der Waals surface area (Å²) in [7, 11) is 0. The van der Waals surface area contributed by atoms with Crippen LogP contribution < -0.4 is 10.1 Å². The van der Waals surface area contributed by atoms with Crippen LogP contribution in [0.2, 0.25) is 0 Å². The lowest BCUT2D eigenvalue weighted by atomic mass is 10.0. The van der Waals surface area contributed by atoms with E-state index >= 15 is 0 Å². The van der Waals surface area contributed by atoms with Crippen molar-refractivity contribution in [1.82, 2.24) is 24.8 Å². The second-order valence-electron chi connectivity index (χ2n) is 11.2. The summed E-state index contributed by atoms with van der Waals surface area (Å²) in [5, 5.41) is 22.4. The minimum atomic E-state index is -0.974. The average molecular weight is 585 g/mol. The number of rotatable bonds is 10. The Balaban J connectivity index is 1.23. The lowest BCUT2D eigenvalue weighted by molar-refractivity contribution is -0.0586. The molecule has 10 nitrogen and oxygen atoms in total. The van der Waals surface area contributed by atoms with Crippen LogP contribution in [0.25, 0.3) is 11.0 Å². The third-order valence-electron chi connectivity index (χ3n) is 8.20. The van der Waals surface area contributed by atoms with Crippen LogP contribution in [0.5, 0.6) is 5.75 Å². The van der Waals surface area contributed by atoms with Crippen molar-refractivity contribution in [3.05, 3.63) is 88.8 Å². The summed E-state index contributed by atoms with van der Waals surface area (Å²) in [5.41, 5.74) is 4.06. The van der Waals surface area contributed by atoms with Crippen molar-refractivity contribution in [2.24, 2.45) is 0 Å². The van der Waals surface area contributed by atoms with Crippen molar-refractivity contribution in [2.45, 2.75) is 51.1 Å². The molecule has 11 heteroatoms. The number of aromatic carboxylic acids is 1. The third kappa shape index (κ3) is 6.22. The number of piperazine rings is 1. The van der Waals surface area contributed by atoms with Crippen molar-refractivity contribution < 1.29 is 23.8 Å². The molecule has 2 aromatic carbocycles. The summed E-state index contributed by atoms with van der Waals surface area (Å²) >= 11 is 0. The molecule has 0 spiro atoms. The van der Waals surface area contributed by atoms with Gasteiger partial charge in [0.15, 0.2) is 0 Å². The van der Waals surface area contributed by atoms with Crippen LogP contribution in [-0.4, -0.2) is 68.9 Å². The number of nitrogens with one attached hydrogen (secondary N) is 1. The second-order valence-corrected chi connectivity index (χ2v) is 11.2. The molecule has 2 aromatic heterocycles. The molecular weight excluding hydrogens is 551 g/mol. The maximum Gasteiger partial charge on any atom is 0.335 e. The number of pyridine rings is 1. The lowest BCUT2D eigenvalue weighted by Crippen LogP contribution is -2.51. The molecule has 0 saturated carbocycles. The molecule has 2 fully saturated rings. The van der Waals surface area contributed by atoms with Gasteiger partial charge < -0.3 is 24.5 Å². The van der Waals surface area contributed by atoms with Crippen molar-refractivity contribution in [3.63, 3.8) is 0 Å². The number of fused-ring (bicyclic) bond motifs is 1. The highest BCUT2D eigenvalue weighted by Gasteiger charge is 2.30. The van der Waals surface area contributed by atoms with Crippen LogP contribution in [0.4, 0.5) is 4.39 Å². The predicted octanol–water partition coefficient (Wildman–Crippen LogP) is 4.09. The Morgan fingerprint density at radius 2 is 2.12 bits per heavy atom. The van der Waals surface area contributed by atoms with Crippen molar-refractivity contribution in [3.8, 4) is 11.8 Å². The van der Waals surface area contributed by atoms with Crippen molar-refractivity contribution in [2.75, 3.05) is 26.2 Å². The first-order valence-corrected chi connectivity index (χ1v) is 14.5. The number of nitrogens with zero attached hydrogens (tertiary/aromatic N) is 5. The highest BCUT2D eigenvalue weighted by atomic mass is 19.1. The number of aromatic nitrogens is 3. The van der Waals surface area contributed by atoms with Crippen LogP contribution in [-0.2, 0) is 24.3 Å². The van der Waals surface area contributed by atoms with E-state index in [2.05, 4.69) is 27.1 Å². The van der Waals surface area contributed by atoms with Gasteiger partial charge in [-0.1, -0.05) is 6.07 Å². The Morgan fingerprint density at radius 3 is 2.86 bits per heavy atom. The Morgan fingerprint density at radius 1 is 1.26 bits per heavy atom. The molecule has 0 bridgehead atoms. The number of halogens is 1. The summed E-state index contributed by atoms with van der Waals surface area (Å²) in [4.78, 5) is 23.7. The number of benzene rings is 2. The molecule has 3 atom stereocenters. The van der Waals surface area contributed by atoms with Gasteiger partial charge in [-0.15, -0.1) is 0 Å². The molecule has 2 aliphatic rings. The Kier molecular flexibility index (Phi) is 8.33. The fourth-order valence-corrected chi connectivity index (χ4v) is 5.77. The molecule has 0 aliphatic carbocycles. The van der Waals surface area contributed by atoms with E-state index in [0.717, 1.165) is 41.9 Å². The molecule has 0 amide bonds. The van der Waals surface area contributed by atoms with E-state index < -0.39 is 11.8 Å². The van der Waals surface area contributed by atoms with Crippen LogP contribution in [0.15, 0.2) is 55.0 Å². The Bertz CT molecular complexity index is 1680. The van der Waals surface area contributed by atoms with E-state index in [1.54, 1.807) is 42.9 Å². The Labute approximate surface area is 248 Å². The minimum Gasteiger partial charge on any atom is -0.487 e. The molecule has 1 unspecified atom stereocenters. The summed E-state index contributed by atoms with van der Waals surface area (Å²) in [6, 6.07) is 13.4. The van der Waals surface area contributed by atoms with Gasteiger partial charge in [0.05, 0.1) is 53.2 Å². The summed E-state index contributed by atoms with van der Waals surface area (Å²) in [6.45, 7) is 5.56. The predicted molar refractivity (Wildman–Crippen MR) is 156 cm³/mol. The summed E-state index contributed by atoms with van der Waals surface area (Å²) < 4.78 is 28.2. The molecule has 0 radical (unpaired) electrons. The molecule has 2 N–H and O–H groups in total. The average Bonchev–Trinajstić information content (AvgIpc) is 3.40. The smallest absolute Gasteiger partial charge is 0.335 e. The van der Waals surface area contributed by atoms with Crippen LogP contribution >= 0.6 is 0 Å².